The molecule has 1 amide bonds. The van der Waals surface area contributed by atoms with Gasteiger partial charge in [-0.2, -0.15) is 10.4 Å². The largest absolute Gasteiger partial charge is 0.302 e. The van der Waals surface area contributed by atoms with Crippen molar-refractivity contribution in [2.75, 3.05) is 18.4 Å². The molecule has 4 rings (SSSR count). The Balaban J connectivity index is 1.35. The van der Waals surface area contributed by atoms with Gasteiger partial charge in [-0.25, -0.2) is 14.5 Å². The molecule has 3 aromatic rings. The van der Waals surface area contributed by atoms with Gasteiger partial charge >= 0.3 is 0 Å². The minimum atomic E-state index is -0.0650. The third kappa shape index (κ3) is 4.75. The van der Waals surface area contributed by atoms with Crippen molar-refractivity contribution in [3.63, 3.8) is 0 Å². The Kier molecular flexibility index (Phi) is 6.30. The van der Waals surface area contributed by atoms with Gasteiger partial charge in [-0.1, -0.05) is 6.92 Å². The van der Waals surface area contributed by atoms with E-state index in [-0.39, 0.29) is 5.91 Å². The first kappa shape index (κ1) is 21.4. The lowest BCUT2D eigenvalue weighted by atomic mass is 9.99. The van der Waals surface area contributed by atoms with Crippen LogP contribution in [0.3, 0.4) is 0 Å². The number of amides is 1. The van der Waals surface area contributed by atoms with E-state index >= 15 is 0 Å². The molecule has 0 radical (unpaired) electrons. The number of hydrogen-bond donors (Lipinski definition) is 1. The van der Waals surface area contributed by atoms with E-state index in [0.717, 1.165) is 48.2 Å². The number of nitrogens with one attached hydrogen (secondary N) is 1. The number of carbonyl (C=O) groups is 1. The summed E-state index contributed by atoms with van der Waals surface area (Å²) in [5, 5.41) is 19.1. The third-order valence-corrected chi connectivity index (χ3v) is 6.80. The van der Waals surface area contributed by atoms with Crippen LogP contribution in [0.25, 0.3) is 5.65 Å². The van der Waals surface area contributed by atoms with Crippen LogP contribution in [-0.2, 0) is 17.8 Å². The van der Waals surface area contributed by atoms with E-state index in [1.54, 1.807) is 4.52 Å². The number of likely N-dealkylation sites (tertiary alicyclic amines) is 1. The number of nitrogens with zero attached hydrogens (tertiary/aromatic N) is 6. The second-order valence-electron chi connectivity index (χ2n) is 8.32. The van der Waals surface area contributed by atoms with Crippen molar-refractivity contribution in [2.24, 2.45) is 5.92 Å². The molecule has 3 aromatic heterocycles. The number of rotatable bonds is 6. The molecule has 0 bridgehead atoms. The first-order valence-electron chi connectivity index (χ1n) is 10.6. The van der Waals surface area contributed by atoms with Crippen molar-refractivity contribution >= 4 is 28.0 Å². The average Bonchev–Trinajstić information content (AvgIpc) is 3.36. The number of fused-ring (bicyclic) bond motifs is 1. The SMILES string of the molecule is Cc1nc2c(C#N)cnn2c(C)c1CCC(=O)Nc1nc(CN2CCC(C)CC2)cs1. The molecule has 0 saturated carbocycles. The monoisotopic (exact) mass is 437 g/mol. The number of aromatic nitrogens is 4. The molecule has 0 aliphatic carbocycles. The predicted octanol–water partition coefficient (Wildman–Crippen LogP) is 3.48. The molecule has 9 heteroatoms. The number of anilines is 1. The molecule has 162 valence electrons. The van der Waals surface area contributed by atoms with E-state index in [2.05, 4.69) is 38.3 Å². The maximum Gasteiger partial charge on any atom is 0.226 e. The Labute approximate surface area is 185 Å². The fraction of sp³-hybridized carbons (Fsp3) is 0.500. The number of carbonyl (C=O) groups excluding carboxylic acids is 1. The standard InChI is InChI=1S/C22H27N7OS/c1-14-6-8-28(9-7-14)12-18-13-31-22(26-18)27-20(30)5-4-19-15(2)25-21-17(10-23)11-24-29(21)16(19)3/h11,13-14H,4-9,12H2,1-3H3,(H,26,27,30). The number of nitriles is 1. The molecule has 1 N–H and O–H groups in total. The molecule has 31 heavy (non-hydrogen) atoms. The number of hydrogen-bond acceptors (Lipinski definition) is 7. The minimum absolute atomic E-state index is 0.0650. The zero-order valence-electron chi connectivity index (χ0n) is 18.2. The zero-order chi connectivity index (χ0) is 22.0. The molecular formula is C22H27N7OS. The molecule has 4 heterocycles. The van der Waals surface area contributed by atoms with Gasteiger partial charge < -0.3 is 5.32 Å². The fourth-order valence-corrected chi connectivity index (χ4v) is 4.78. The summed E-state index contributed by atoms with van der Waals surface area (Å²) in [5.41, 5.74) is 4.74. The van der Waals surface area contributed by atoms with Crippen molar-refractivity contribution in [1.29, 1.82) is 5.26 Å². The molecule has 0 spiro atoms. The van der Waals surface area contributed by atoms with Crippen LogP contribution in [0.5, 0.6) is 0 Å². The maximum atomic E-state index is 12.5. The highest BCUT2D eigenvalue weighted by molar-refractivity contribution is 7.13. The third-order valence-electron chi connectivity index (χ3n) is 5.99. The van der Waals surface area contributed by atoms with E-state index in [1.807, 2.05) is 19.2 Å². The van der Waals surface area contributed by atoms with Crippen LogP contribution in [-0.4, -0.2) is 43.5 Å². The molecule has 0 unspecified atom stereocenters. The highest BCUT2D eigenvalue weighted by Gasteiger charge is 2.18. The van der Waals surface area contributed by atoms with Crippen molar-refractivity contribution in [1.82, 2.24) is 24.5 Å². The van der Waals surface area contributed by atoms with Crippen LogP contribution in [0.2, 0.25) is 0 Å². The van der Waals surface area contributed by atoms with Gasteiger partial charge in [-0.3, -0.25) is 9.69 Å². The molecular weight excluding hydrogens is 410 g/mol. The van der Waals surface area contributed by atoms with Crippen molar-refractivity contribution < 1.29 is 4.79 Å². The normalized spacial score (nSPS) is 15.3. The Morgan fingerprint density at radius 3 is 2.84 bits per heavy atom. The second kappa shape index (κ2) is 9.12. The summed E-state index contributed by atoms with van der Waals surface area (Å²) in [7, 11) is 0. The lowest BCUT2D eigenvalue weighted by molar-refractivity contribution is -0.116. The zero-order valence-corrected chi connectivity index (χ0v) is 19.0. The summed E-state index contributed by atoms with van der Waals surface area (Å²) in [5.74, 6) is 0.746. The lowest BCUT2D eigenvalue weighted by Crippen LogP contribution is -2.32. The second-order valence-corrected chi connectivity index (χ2v) is 9.18. The van der Waals surface area contributed by atoms with Gasteiger partial charge in [0, 0.05) is 29.7 Å². The van der Waals surface area contributed by atoms with Crippen molar-refractivity contribution in [2.45, 2.75) is 53.0 Å². The van der Waals surface area contributed by atoms with Gasteiger partial charge in [0.15, 0.2) is 10.8 Å². The maximum absolute atomic E-state index is 12.5. The van der Waals surface area contributed by atoms with Crippen LogP contribution in [0.1, 0.15) is 54.4 Å². The highest BCUT2D eigenvalue weighted by atomic mass is 32.1. The van der Waals surface area contributed by atoms with E-state index in [9.17, 15) is 10.1 Å². The highest BCUT2D eigenvalue weighted by Crippen LogP contribution is 2.22. The molecule has 8 nitrogen and oxygen atoms in total. The molecule has 1 fully saturated rings. The van der Waals surface area contributed by atoms with E-state index in [4.69, 9.17) is 0 Å². The molecule has 1 saturated heterocycles. The van der Waals surface area contributed by atoms with E-state index in [0.29, 0.717) is 29.2 Å². The van der Waals surface area contributed by atoms with Gasteiger partial charge in [0.1, 0.15) is 11.6 Å². The van der Waals surface area contributed by atoms with Gasteiger partial charge in [0.05, 0.1) is 11.9 Å². The number of thiazole rings is 1. The molecule has 1 aliphatic heterocycles. The van der Waals surface area contributed by atoms with Gasteiger partial charge in [0.25, 0.3) is 0 Å². The Hall–Kier alpha value is -2.83. The summed E-state index contributed by atoms with van der Waals surface area (Å²) in [6, 6.07) is 2.11. The number of piperidine rings is 1. The lowest BCUT2D eigenvalue weighted by Gasteiger charge is -2.29. The number of aryl methyl sites for hydroxylation is 2. The average molecular weight is 438 g/mol. The quantitative estimate of drug-likeness (QED) is 0.634. The van der Waals surface area contributed by atoms with Gasteiger partial charge in [0.2, 0.25) is 5.91 Å². The first-order chi connectivity index (χ1) is 14.9. The Morgan fingerprint density at radius 2 is 2.10 bits per heavy atom. The topological polar surface area (TPSA) is 99.2 Å². The van der Waals surface area contributed by atoms with Crippen LogP contribution < -0.4 is 5.32 Å². The van der Waals surface area contributed by atoms with Gasteiger partial charge in [-0.05, 0) is 57.7 Å². The minimum Gasteiger partial charge on any atom is -0.302 e. The van der Waals surface area contributed by atoms with E-state index < -0.39 is 0 Å². The van der Waals surface area contributed by atoms with Crippen LogP contribution in [0.15, 0.2) is 11.6 Å². The van der Waals surface area contributed by atoms with Gasteiger partial charge in [-0.15, -0.1) is 11.3 Å². The molecule has 0 atom stereocenters. The smallest absolute Gasteiger partial charge is 0.226 e. The molecule has 0 aromatic carbocycles. The summed E-state index contributed by atoms with van der Waals surface area (Å²) in [4.78, 5) is 24.1. The molecule has 1 aliphatic rings. The van der Waals surface area contributed by atoms with Crippen molar-refractivity contribution in [3.05, 3.63) is 39.8 Å². The predicted molar refractivity (Wildman–Crippen MR) is 120 cm³/mol. The summed E-state index contributed by atoms with van der Waals surface area (Å²) in [6.45, 7) is 9.23. The van der Waals surface area contributed by atoms with E-state index in [1.165, 1.54) is 30.4 Å². The first-order valence-corrected chi connectivity index (χ1v) is 11.5. The van der Waals surface area contributed by atoms with Crippen LogP contribution in [0.4, 0.5) is 5.13 Å². The summed E-state index contributed by atoms with van der Waals surface area (Å²) >= 11 is 1.48. The summed E-state index contributed by atoms with van der Waals surface area (Å²) < 4.78 is 1.67. The fourth-order valence-electron chi connectivity index (χ4n) is 4.06. The Bertz CT molecular complexity index is 1130. The van der Waals surface area contributed by atoms with Crippen LogP contribution >= 0.6 is 11.3 Å². The summed E-state index contributed by atoms with van der Waals surface area (Å²) in [6.07, 6.45) is 4.89. The Morgan fingerprint density at radius 1 is 1.32 bits per heavy atom. The van der Waals surface area contributed by atoms with Crippen molar-refractivity contribution in [3.8, 4) is 6.07 Å². The van der Waals surface area contributed by atoms with Crippen LogP contribution in [0, 0.1) is 31.1 Å².